The lowest BCUT2D eigenvalue weighted by atomic mass is 10.1. The van der Waals surface area contributed by atoms with Crippen LogP contribution in [0.5, 0.6) is 0 Å². The fraction of sp³-hybridized carbons (Fsp3) is 0.429. The summed E-state index contributed by atoms with van der Waals surface area (Å²) in [6.45, 7) is 4.71. The van der Waals surface area contributed by atoms with E-state index >= 15 is 0 Å². The lowest BCUT2D eigenvalue weighted by molar-refractivity contribution is 0.490. The summed E-state index contributed by atoms with van der Waals surface area (Å²) in [7, 11) is 1.88. The van der Waals surface area contributed by atoms with E-state index in [1.165, 1.54) is 0 Å². The van der Waals surface area contributed by atoms with Crippen molar-refractivity contribution in [2.24, 2.45) is 0 Å². The zero-order valence-electron chi connectivity index (χ0n) is 11.7. The van der Waals surface area contributed by atoms with Crippen LogP contribution in [0, 0.1) is 6.92 Å². The van der Waals surface area contributed by atoms with Crippen LogP contribution in [-0.4, -0.2) is 17.0 Å². The number of aromatic nitrogens is 2. The molecule has 0 aliphatic rings. The molecular formula is C14H20N4O. The maximum atomic E-state index is 5.54. The van der Waals surface area contributed by atoms with Gasteiger partial charge in [-0.25, -0.2) is 9.97 Å². The quantitative estimate of drug-likeness (QED) is 0.836. The third-order valence-corrected chi connectivity index (χ3v) is 2.91. The van der Waals surface area contributed by atoms with Gasteiger partial charge in [0.1, 0.15) is 29.5 Å². The highest BCUT2D eigenvalue weighted by Gasteiger charge is 2.10. The van der Waals surface area contributed by atoms with E-state index in [1.54, 1.807) is 6.33 Å². The molecule has 0 atom stereocenters. The lowest BCUT2D eigenvalue weighted by Crippen LogP contribution is -2.08. The molecule has 0 radical (unpaired) electrons. The molecule has 0 aliphatic carbocycles. The number of hydrogen-bond donors (Lipinski definition) is 2. The predicted molar refractivity (Wildman–Crippen MR) is 76.3 cm³/mol. The highest BCUT2D eigenvalue weighted by Crippen LogP contribution is 2.22. The summed E-state index contributed by atoms with van der Waals surface area (Å²) >= 11 is 0. The van der Waals surface area contributed by atoms with Gasteiger partial charge < -0.3 is 15.1 Å². The average Bonchev–Trinajstić information content (AvgIpc) is 2.83. The van der Waals surface area contributed by atoms with Crippen LogP contribution >= 0.6 is 0 Å². The molecular weight excluding hydrogens is 240 g/mol. The molecule has 0 bridgehead atoms. The van der Waals surface area contributed by atoms with Crippen molar-refractivity contribution >= 4 is 11.6 Å². The van der Waals surface area contributed by atoms with Crippen LogP contribution in [0.25, 0.3) is 0 Å². The second-order valence-electron chi connectivity index (χ2n) is 4.42. The second kappa shape index (κ2) is 6.22. The fourth-order valence-corrected chi connectivity index (χ4v) is 2.02. The minimum Gasteiger partial charge on any atom is -0.465 e. The highest BCUT2D eigenvalue weighted by atomic mass is 16.3. The first-order valence-electron chi connectivity index (χ1n) is 6.55. The van der Waals surface area contributed by atoms with Gasteiger partial charge in [-0.1, -0.05) is 13.3 Å². The van der Waals surface area contributed by atoms with Crippen molar-refractivity contribution < 1.29 is 4.42 Å². The second-order valence-corrected chi connectivity index (χ2v) is 4.42. The Labute approximate surface area is 113 Å². The van der Waals surface area contributed by atoms with Crippen molar-refractivity contribution in [3.63, 3.8) is 0 Å². The van der Waals surface area contributed by atoms with Crippen molar-refractivity contribution in [2.75, 3.05) is 17.7 Å². The Balaban J connectivity index is 2.14. The first-order chi connectivity index (χ1) is 9.24. The van der Waals surface area contributed by atoms with Gasteiger partial charge in [-0.3, -0.25) is 0 Å². The molecule has 2 aromatic rings. The summed E-state index contributed by atoms with van der Waals surface area (Å²) in [6.07, 6.45) is 3.56. The Kier molecular flexibility index (Phi) is 4.39. The zero-order valence-corrected chi connectivity index (χ0v) is 11.7. The Morgan fingerprint density at radius 3 is 2.63 bits per heavy atom. The van der Waals surface area contributed by atoms with E-state index in [2.05, 4.69) is 27.5 Å². The van der Waals surface area contributed by atoms with E-state index in [9.17, 15) is 0 Å². The number of aryl methyl sites for hydroxylation is 1. The van der Waals surface area contributed by atoms with Crippen LogP contribution in [0.2, 0.25) is 0 Å². The Morgan fingerprint density at radius 1 is 1.21 bits per heavy atom. The van der Waals surface area contributed by atoms with Crippen LogP contribution < -0.4 is 10.6 Å². The molecule has 0 unspecified atom stereocenters. The van der Waals surface area contributed by atoms with Crippen LogP contribution in [-0.2, 0) is 13.0 Å². The highest BCUT2D eigenvalue weighted by molar-refractivity contribution is 5.57. The van der Waals surface area contributed by atoms with Gasteiger partial charge in [-0.2, -0.15) is 0 Å². The number of nitrogens with one attached hydrogen (secondary N) is 2. The number of furan rings is 1. The molecule has 5 heteroatoms. The van der Waals surface area contributed by atoms with Gasteiger partial charge in [0.25, 0.3) is 0 Å². The average molecular weight is 260 g/mol. The molecule has 2 rings (SSSR count). The Morgan fingerprint density at radius 2 is 2.00 bits per heavy atom. The largest absolute Gasteiger partial charge is 0.465 e. The topological polar surface area (TPSA) is 63.0 Å². The molecule has 2 heterocycles. The number of rotatable bonds is 6. The minimum atomic E-state index is 0.630. The summed E-state index contributed by atoms with van der Waals surface area (Å²) in [4.78, 5) is 8.57. The van der Waals surface area contributed by atoms with Crippen LogP contribution in [0.3, 0.4) is 0 Å². The molecule has 0 aliphatic heterocycles. The normalized spacial score (nSPS) is 10.5. The van der Waals surface area contributed by atoms with Gasteiger partial charge in [0.05, 0.1) is 6.54 Å². The molecule has 0 saturated heterocycles. The van der Waals surface area contributed by atoms with Crippen LogP contribution in [0.4, 0.5) is 11.6 Å². The van der Waals surface area contributed by atoms with Crippen molar-refractivity contribution in [2.45, 2.75) is 33.2 Å². The monoisotopic (exact) mass is 260 g/mol. The summed E-state index contributed by atoms with van der Waals surface area (Å²) in [5.74, 6) is 3.58. The first-order valence-corrected chi connectivity index (χ1v) is 6.55. The summed E-state index contributed by atoms with van der Waals surface area (Å²) in [5.41, 5.74) is 1.12. The molecule has 0 saturated carbocycles. The van der Waals surface area contributed by atoms with Crippen LogP contribution in [0.15, 0.2) is 22.9 Å². The van der Waals surface area contributed by atoms with Crippen LogP contribution in [0.1, 0.15) is 30.4 Å². The van der Waals surface area contributed by atoms with Crippen molar-refractivity contribution in [3.8, 4) is 0 Å². The van der Waals surface area contributed by atoms with E-state index in [-0.39, 0.29) is 0 Å². The summed E-state index contributed by atoms with van der Waals surface area (Å²) in [5, 5.41) is 6.43. The van der Waals surface area contributed by atoms with Crippen molar-refractivity contribution in [1.82, 2.24) is 9.97 Å². The van der Waals surface area contributed by atoms with E-state index in [1.807, 2.05) is 26.1 Å². The van der Waals surface area contributed by atoms with Gasteiger partial charge in [-0.15, -0.1) is 0 Å². The fourth-order valence-electron chi connectivity index (χ4n) is 2.02. The Bertz CT molecular complexity index is 536. The molecule has 5 nitrogen and oxygen atoms in total. The maximum Gasteiger partial charge on any atom is 0.135 e. The van der Waals surface area contributed by atoms with E-state index in [0.29, 0.717) is 6.54 Å². The molecule has 0 spiro atoms. The third kappa shape index (κ3) is 3.24. The predicted octanol–water partition coefficient (Wildman–Crippen LogP) is 2.98. The SMILES string of the molecule is CCCc1c(NC)ncnc1NCc1ccc(C)o1. The van der Waals surface area contributed by atoms with Crippen molar-refractivity contribution in [3.05, 3.63) is 35.5 Å². The van der Waals surface area contributed by atoms with Crippen molar-refractivity contribution in [1.29, 1.82) is 0 Å². The number of hydrogen-bond acceptors (Lipinski definition) is 5. The summed E-state index contributed by atoms with van der Waals surface area (Å²) in [6, 6.07) is 3.94. The molecule has 2 N–H and O–H groups in total. The summed E-state index contributed by atoms with van der Waals surface area (Å²) < 4.78 is 5.54. The molecule has 19 heavy (non-hydrogen) atoms. The smallest absolute Gasteiger partial charge is 0.135 e. The van der Waals surface area contributed by atoms with E-state index in [0.717, 1.165) is 41.6 Å². The molecule has 0 aromatic carbocycles. The maximum absolute atomic E-state index is 5.54. The third-order valence-electron chi connectivity index (χ3n) is 2.91. The number of nitrogens with zero attached hydrogens (tertiary/aromatic N) is 2. The standard InChI is InChI=1S/C14H20N4O/c1-4-5-12-13(15-3)17-9-18-14(12)16-8-11-7-6-10(2)19-11/h6-7,9H,4-5,8H2,1-3H3,(H2,15,16,17,18). The zero-order chi connectivity index (χ0) is 13.7. The van der Waals surface area contributed by atoms with E-state index < -0.39 is 0 Å². The molecule has 2 aromatic heterocycles. The molecule has 0 amide bonds. The molecule has 0 fully saturated rings. The van der Waals surface area contributed by atoms with Gasteiger partial charge >= 0.3 is 0 Å². The Hall–Kier alpha value is -2.04. The van der Waals surface area contributed by atoms with E-state index in [4.69, 9.17) is 4.42 Å². The van der Waals surface area contributed by atoms with Gasteiger partial charge in [0.2, 0.25) is 0 Å². The van der Waals surface area contributed by atoms with Gasteiger partial charge in [0.15, 0.2) is 0 Å². The number of anilines is 2. The first kappa shape index (κ1) is 13.4. The van der Waals surface area contributed by atoms with Gasteiger partial charge in [0, 0.05) is 12.6 Å². The van der Waals surface area contributed by atoms with Gasteiger partial charge in [-0.05, 0) is 25.5 Å². The minimum absolute atomic E-state index is 0.630. The lowest BCUT2D eigenvalue weighted by Gasteiger charge is -2.12. The molecule has 102 valence electrons.